The smallest absolute Gasteiger partial charge is 0.336 e. The number of aryl methyl sites for hydroxylation is 2. The summed E-state index contributed by atoms with van der Waals surface area (Å²) in [6, 6.07) is 24.6. The van der Waals surface area contributed by atoms with Crippen LogP contribution in [0.3, 0.4) is 0 Å². The van der Waals surface area contributed by atoms with Crippen molar-refractivity contribution in [2.45, 2.75) is 45.8 Å². The summed E-state index contributed by atoms with van der Waals surface area (Å²) in [5, 5.41) is 0. The number of benzene rings is 3. The molecule has 1 saturated heterocycles. The number of rotatable bonds is 9. The summed E-state index contributed by atoms with van der Waals surface area (Å²) in [4.78, 5) is 30.0. The van der Waals surface area contributed by atoms with Gasteiger partial charge in [-0.15, -0.1) is 0 Å². The molecule has 3 aromatic rings. The highest BCUT2D eigenvalue weighted by Crippen LogP contribution is 2.33. The molecule has 3 aromatic carbocycles. The number of amides is 3. The van der Waals surface area contributed by atoms with Gasteiger partial charge in [0.1, 0.15) is 0 Å². The van der Waals surface area contributed by atoms with Crippen LogP contribution in [0.1, 0.15) is 36.0 Å². The number of unbranched alkanes of at least 4 members (excludes halogenated alkanes) is 1. The van der Waals surface area contributed by atoms with Gasteiger partial charge in [0.25, 0.3) is 5.91 Å². The van der Waals surface area contributed by atoms with Gasteiger partial charge in [0.15, 0.2) is 0 Å². The van der Waals surface area contributed by atoms with Crippen molar-refractivity contribution in [3.63, 3.8) is 0 Å². The number of anilines is 2. The lowest BCUT2D eigenvalue weighted by Crippen LogP contribution is -2.58. The zero-order valence-electron chi connectivity index (χ0n) is 20.4. The first kappa shape index (κ1) is 24.4. The first-order valence-corrected chi connectivity index (χ1v) is 12.1. The second kappa shape index (κ2) is 11.2. The Morgan fingerprint density at radius 2 is 1.40 bits per heavy atom. The van der Waals surface area contributed by atoms with Gasteiger partial charge in [0.2, 0.25) is 0 Å². The van der Waals surface area contributed by atoms with Gasteiger partial charge in [-0.2, -0.15) is 0 Å². The SMILES string of the molecule is C=C1C(=O)N(c2ccc(C)cc2)C(=O)N(c2ccc(C)cc2)C1CCCCOCc1ccccc1. The highest BCUT2D eigenvalue weighted by atomic mass is 16.5. The van der Waals surface area contributed by atoms with E-state index in [1.807, 2.05) is 80.6 Å². The molecule has 1 aliphatic rings. The molecule has 1 fully saturated rings. The predicted molar refractivity (Wildman–Crippen MR) is 141 cm³/mol. The van der Waals surface area contributed by atoms with Crippen LogP contribution in [0.5, 0.6) is 0 Å². The highest BCUT2D eigenvalue weighted by Gasteiger charge is 2.42. The quantitative estimate of drug-likeness (QED) is 0.263. The van der Waals surface area contributed by atoms with Crippen molar-refractivity contribution in [2.75, 3.05) is 16.4 Å². The van der Waals surface area contributed by atoms with Crippen LogP contribution in [-0.2, 0) is 16.1 Å². The summed E-state index contributed by atoms with van der Waals surface area (Å²) in [6.07, 6.45) is 2.29. The molecule has 35 heavy (non-hydrogen) atoms. The maximum Gasteiger partial charge on any atom is 0.336 e. The van der Waals surface area contributed by atoms with Crippen molar-refractivity contribution >= 4 is 23.3 Å². The maximum absolute atomic E-state index is 13.7. The molecule has 1 unspecified atom stereocenters. The van der Waals surface area contributed by atoms with Crippen LogP contribution in [-0.4, -0.2) is 24.6 Å². The number of ether oxygens (including phenoxy) is 1. The van der Waals surface area contributed by atoms with Gasteiger partial charge in [0, 0.05) is 17.9 Å². The van der Waals surface area contributed by atoms with Crippen molar-refractivity contribution in [2.24, 2.45) is 0 Å². The lowest BCUT2D eigenvalue weighted by atomic mass is 9.96. The minimum absolute atomic E-state index is 0.340. The average Bonchev–Trinajstić information content (AvgIpc) is 2.87. The lowest BCUT2D eigenvalue weighted by molar-refractivity contribution is -0.115. The number of carbonyl (C=O) groups excluding carboxylic acids is 2. The summed E-state index contributed by atoms with van der Waals surface area (Å²) >= 11 is 0. The average molecular weight is 469 g/mol. The van der Waals surface area contributed by atoms with E-state index in [0.717, 1.165) is 35.2 Å². The molecule has 1 aliphatic heterocycles. The Balaban J connectivity index is 1.48. The summed E-state index contributed by atoms with van der Waals surface area (Å²) in [7, 11) is 0. The second-order valence-electron chi connectivity index (χ2n) is 9.04. The Kier molecular flexibility index (Phi) is 7.78. The molecule has 1 atom stereocenters. The molecule has 180 valence electrons. The lowest BCUT2D eigenvalue weighted by Gasteiger charge is -2.41. The highest BCUT2D eigenvalue weighted by molar-refractivity contribution is 6.27. The Hall–Kier alpha value is -3.70. The van der Waals surface area contributed by atoms with E-state index in [1.54, 1.807) is 17.0 Å². The van der Waals surface area contributed by atoms with E-state index in [-0.39, 0.29) is 11.9 Å². The van der Waals surface area contributed by atoms with Crippen LogP contribution in [0.2, 0.25) is 0 Å². The van der Waals surface area contributed by atoms with E-state index in [0.29, 0.717) is 30.9 Å². The maximum atomic E-state index is 13.7. The van der Waals surface area contributed by atoms with Gasteiger partial charge >= 0.3 is 6.03 Å². The fraction of sp³-hybridized carbons (Fsp3) is 0.267. The fourth-order valence-corrected chi connectivity index (χ4v) is 4.30. The van der Waals surface area contributed by atoms with E-state index in [9.17, 15) is 9.59 Å². The molecule has 0 radical (unpaired) electrons. The first-order valence-electron chi connectivity index (χ1n) is 12.1. The molecule has 0 aliphatic carbocycles. The second-order valence-corrected chi connectivity index (χ2v) is 9.04. The van der Waals surface area contributed by atoms with Crippen LogP contribution in [0.25, 0.3) is 0 Å². The van der Waals surface area contributed by atoms with Crippen LogP contribution in [0.4, 0.5) is 16.2 Å². The molecule has 3 amide bonds. The van der Waals surface area contributed by atoms with Crippen molar-refractivity contribution in [1.82, 2.24) is 0 Å². The van der Waals surface area contributed by atoms with Crippen molar-refractivity contribution in [1.29, 1.82) is 0 Å². The zero-order chi connectivity index (χ0) is 24.8. The number of hydrogen-bond acceptors (Lipinski definition) is 3. The first-order chi connectivity index (χ1) is 17.0. The molecule has 4 rings (SSSR count). The molecule has 0 bridgehead atoms. The van der Waals surface area contributed by atoms with Gasteiger partial charge in [0.05, 0.1) is 18.3 Å². The fourth-order valence-electron chi connectivity index (χ4n) is 4.30. The molecule has 0 spiro atoms. The minimum atomic E-state index is -0.395. The Labute approximate surface area is 207 Å². The van der Waals surface area contributed by atoms with Crippen molar-refractivity contribution in [3.05, 3.63) is 108 Å². The van der Waals surface area contributed by atoms with Crippen LogP contribution < -0.4 is 9.80 Å². The molecule has 0 aromatic heterocycles. The Morgan fingerprint density at radius 3 is 2.03 bits per heavy atom. The van der Waals surface area contributed by atoms with Gasteiger partial charge < -0.3 is 4.74 Å². The number of imide groups is 1. The number of carbonyl (C=O) groups is 2. The molecular weight excluding hydrogens is 436 g/mol. The summed E-state index contributed by atoms with van der Waals surface area (Å²) in [5.74, 6) is -0.340. The molecule has 5 heteroatoms. The number of nitrogens with zero attached hydrogens (tertiary/aromatic N) is 2. The van der Waals surface area contributed by atoms with E-state index in [2.05, 4.69) is 6.58 Å². The monoisotopic (exact) mass is 468 g/mol. The van der Waals surface area contributed by atoms with Crippen LogP contribution >= 0.6 is 0 Å². The molecular formula is C30H32N2O3. The van der Waals surface area contributed by atoms with E-state index in [1.165, 1.54) is 4.90 Å². The predicted octanol–water partition coefficient (Wildman–Crippen LogP) is 6.59. The van der Waals surface area contributed by atoms with Gasteiger partial charge in [-0.25, -0.2) is 9.69 Å². The molecule has 5 nitrogen and oxygen atoms in total. The third-order valence-electron chi connectivity index (χ3n) is 6.32. The number of hydrogen-bond donors (Lipinski definition) is 0. The number of urea groups is 1. The van der Waals surface area contributed by atoms with E-state index < -0.39 is 6.04 Å². The minimum Gasteiger partial charge on any atom is -0.377 e. The van der Waals surface area contributed by atoms with Gasteiger partial charge in [-0.1, -0.05) is 72.3 Å². The van der Waals surface area contributed by atoms with E-state index in [4.69, 9.17) is 4.74 Å². The summed E-state index contributed by atoms with van der Waals surface area (Å²) in [6.45, 7) is 9.32. The Bertz CT molecular complexity index is 1170. The van der Waals surface area contributed by atoms with Gasteiger partial charge in [-0.05, 0) is 62.9 Å². The van der Waals surface area contributed by atoms with Crippen molar-refractivity contribution < 1.29 is 14.3 Å². The van der Waals surface area contributed by atoms with Crippen molar-refractivity contribution in [3.8, 4) is 0 Å². The standard InChI is InChI=1S/C30H32N2O3/c1-22-12-16-26(17-13-22)31-28(11-7-8-20-35-21-25-9-5-4-6-10-25)24(3)29(33)32(30(31)34)27-18-14-23(2)15-19-27/h4-6,9-10,12-19,28H,3,7-8,11,20-21H2,1-2H3. The molecule has 0 saturated carbocycles. The van der Waals surface area contributed by atoms with Gasteiger partial charge in [-0.3, -0.25) is 9.69 Å². The molecule has 1 heterocycles. The summed E-state index contributed by atoms with van der Waals surface area (Å²) in [5.41, 5.74) is 5.05. The van der Waals surface area contributed by atoms with E-state index >= 15 is 0 Å². The normalized spacial score (nSPS) is 16.2. The topological polar surface area (TPSA) is 49.9 Å². The third-order valence-corrected chi connectivity index (χ3v) is 6.32. The van der Waals surface area contributed by atoms with Crippen LogP contribution in [0, 0.1) is 13.8 Å². The largest absolute Gasteiger partial charge is 0.377 e. The molecule has 0 N–H and O–H groups in total. The summed E-state index contributed by atoms with van der Waals surface area (Å²) < 4.78 is 5.81. The zero-order valence-corrected chi connectivity index (χ0v) is 20.4. The Morgan fingerprint density at radius 1 is 0.800 bits per heavy atom. The third kappa shape index (κ3) is 5.69. The van der Waals surface area contributed by atoms with Crippen LogP contribution in [0.15, 0.2) is 91.0 Å².